The topological polar surface area (TPSA) is 76.8 Å². The Hall–Kier alpha value is -1.70. The van der Waals surface area contributed by atoms with Gasteiger partial charge >= 0.3 is 0 Å². The number of ether oxygens (including phenoxy) is 2. The van der Waals surface area contributed by atoms with Crippen molar-refractivity contribution in [3.63, 3.8) is 0 Å². The van der Waals surface area contributed by atoms with Crippen molar-refractivity contribution < 1.29 is 19.4 Å². The number of aromatic nitrogens is 2. The summed E-state index contributed by atoms with van der Waals surface area (Å²) >= 11 is 0. The molecule has 2 heterocycles. The van der Waals surface area contributed by atoms with E-state index >= 15 is 0 Å². The Balaban J connectivity index is 1.99. The number of hydrogen-bond acceptors (Lipinski definition) is 5. The van der Waals surface area contributed by atoms with E-state index in [0.29, 0.717) is 13.2 Å². The molecule has 0 spiro atoms. The largest absolute Gasteiger partial charge is 0.388 e. The van der Waals surface area contributed by atoms with Gasteiger partial charge in [-0.15, -0.1) is 0 Å². The van der Waals surface area contributed by atoms with Gasteiger partial charge in [0.1, 0.15) is 12.2 Å². The number of carbonyl (C=O) groups excluding carboxylic acids is 1. The fraction of sp³-hybridized carbons (Fsp3) is 0.571. The van der Waals surface area contributed by atoms with Gasteiger partial charge in [-0.1, -0.05) is 0 Å². The number of aliphatic hydroxyl groups excluding tert-OH is 1. The standard InChI is InChI=1S/C14H21N3O4/c1-16-7-10(6-15-16)4-5-13(18)17(2)11-8-21-9-12(20-3)14(11)19/h4-7,11-12,14,19H,8-9H2,1-3H3/b5-4+/t11-,12-,14+/m1/s1. The minimum absolute atomic E-state index is 0.205. The highest BCUT2D eigenvalue weighted by atomic mass is 16.5. The van der Waals surface area contributed by atoms with Gasteiger partial charge in [-0.05, 0) is 6.08 Å². The second-order valence-electron chi connectivity index (χ2n) is 5.10. The van der Waals surface area contributed by atoms with Crippen LogP contribution in [-0.2, 0) is 21.3 Å². The van der Waals surface area contributed by atoms with Gasteiger partial charge in [-0.3, -0.25) is 9.48 Å². The number of carbonyl (C=O) groups is 1. The monoisotopic (exact) mass is 295 g/mol. The van der Waals surface area contributed by atoms with Crippen molar-refractivity contribution in [2.45, 2.75) is 18.2 Å². The summed E-state index contributed by atoms with van der Waals surface area (Å²) in [7, 11) is 4.97. The quantitative estimate of drug-likeness (QED) is 0.770. The van der Waals surface area contributed by atoms with Crippen molar-refractivity contribution in [2.75, 3.05) is 27.4 Å². The van der Waals surface area contributed by atoms with Crippen LogP contribution in [0.1, 0.15) is 5.56 Å². The van der Waals surface area contributed by atoms with Gasteiger partial charge in [-0.25, -0.2) is 0 Å². The lowest BCUT2D eigenvalue weighted by Gasteiger charge is -2.38. The number of amides is 1. The molecule has 116 valence electrons. The number of likely N-dealkylation sites (N-methyl/N-ethyl adjacent to an activating group) is 1. The lowest BCUT2D eigenvalue weighted by Crippen LogP contribution is -2.56. The predicted octanol–water partition coefficient (Wildman–Crippen LogP) is -0.334. The Kier molecular flexibility index (Phi) is 5.11. The van der Waals surface area contributed by atoms with Crippen molar-refractivity contribution in [1.29, 1.82) is 0 Å². The molecule has 3 atom stereocenters. The molecule has 1 aromatic heterocycles. The Bertz CT molecular complexity index is 514. The van der Waals surface area contributed by atoms with Crippen LogP contribution in [0.4, 0.5) is 0 Å². The van der Waals surface area contributed by atoms with Crippen LogP contribution in [0.15, 0.2) is 18.5 Å². The van der Waals surface area contributed by atoms with E-state index in [1.54, 1.807) is 24.0 Å². The zero-order chi connectivity index (χ0) is 15.4. The molecule has 1 amide bonds. The third-order valence-electron chi connectivity index (χ3n) is 3.64. The highest BCUT2D eigenvalue weighted by molar-refractivity contribution is 5.91. The van der Waals surface area contributed by atoms with Gasteiger partial charge in [-0.2, -0.15) is 5.10 Å². The van der Waals surface area contributed by atoms with E-state index in [-0.39, 0.29) is 5.91 Å². The molecule has 1 aliphatic rings. The Morgan fingerprint density at radius 3 is 3.00 bits per heavy atom. The number of nitrogens with zero attached hydrogens (tertiary/aromatic N) is 3. The predicted molar refractivity (Wildman–Crippen MR) is 76.4 cm³/mol. The van der Waals surface area contributed by atoms with Crippen LogP contribution in [0, 0.1) is 0 Å². The van der Waals surface area contributed by atoms with Gasteiger partial charge in [0.2, 0.25) is 5.91 Å². The lowest BCUT2D eigenvalue weighted by atomic mass is 10.0. The van der Waals surface area contributed by atoms with E-state index < -0.39 is 18.2 Å². The fourth-order valence-electron chi connectivity index (χ4n) is 2.27. The zero-order valence-corrected chi connectivity index (χ0v) is 12.5. The summed E-state index contributed by atoms with van der Waals surface area (Å²) < 4.78 is 12.2. The Morgan fingerprint density at radius 2 is 2.38 bits per heavy atom. The molecular weight excluding hydrogens is 274 g/mol. The van der Waals surface area contributed by atoms with Crippen molar-refractivity contribution in [2.24, 2.45) is 7.05 Å². The number of rotatable bonds is 4. The van der Waals surface area contributed by atoms with Crippen molar-refractivity contribution in [3.05, 3.63) is 24.0 Å². The SMILES string of the molecule is CO[C@@H]1COC[C@@H](N(C)C(=O)/C=C/c2cnn(C)c2)[C@@H]1O. The summed E-state index contributed by atoms with van der Waals surface area (Å²) in [5.74, 6) is -0.205. The average molecular weight is 295 g/mol. The maximum atomic E-state index is 12.2. The maximum absolute atomic E-state index is 12.2. The first-order chi connectivity index (χ1) is 10.0. The van der Waals surface area contributed by atoms with Crippen LogP contribution in [0.5, 0.6) is 0 Å². The van der Waals surface area contributed by atoms with Gasteiger partial charge in [0.25, 0.3) is 0 Å². The smallest absolute Gasteiger partial charge is 0.246 e. The summed E-state index contributed by atoms with van der Waals surface area (Å²) in [6.07, 6.45) is 5.45. The van der Waals surface area contributed by atoms with Crippen LogP contribution < -0.4 is 0 Å². The third-order valence-corrected chi connectivity index (χ3v) is 3.64. The van der Waals surface area contributed by atoms with E-state index in [1.165, 1.54) is 18.1 Å². The zero-order valence-electron chi connectivity index (χ0n) is 12.5. The lowest BCUT2D eigenvalue weighted by molar-refractivity contribution is -0.154. The van der Waals surface area contributed by atoms with Crippen molar-refractivity contribution in [1.82, 2.24) is 14.7 Å². The molecule has 0 aliphatic carbocycles. The van der Waals surface area contributed by atoms with Gasteiger partial charge in [0.05, 0.1) is 25.5 Å². The van der Waals surface area contributed by atoms with Gasteiger partial charge in [0.15, 0.2) is 0 Å². The summed E-state index contributed by atoms with van der Waals surface area (Å²) in [6.45, 7) is 0.631. The van der Waals surface area contributed by atoms with Crippen molar-refractivity contribution >= 4 is 12.0 Å². The molecule has 1 aliphatic heterocycles. The van der Waals surface area contributed by atoms with E-state index in [0.717, 1.165) is 5.56 Å². The maximum Gasteiger partial charge on any atom is 0.246 e. The minimum atomic E-state index is -0.760. The first-order valence-electron chi connectivity index (χ1n) is 6.75. The highest BCUT2D eigenvalue weighted by Crippen LogP contribution is 2.16. The molecule has 1 aromatic rings. The average Bonchev–Trinajstić information content (AvgIpc) is 2.90. The minimum Gasteiger partial charge on any atom is -0.388 e. The van der Waals surface area contributed by atoms with Crippen LogP contribution in [0.25, 0.3) is 6.08 Å². The fourth-order valence-corrected chi connectivity index (χ4v) is 2.27. The van der Waals surface area contributed by atoms with Crippen molar-refractivity contribution in [3.8, 4) is 0 Å². The highest BCUT2D eigenvalue weighted by Gasteiger charge is 2.36. The molecule has 1 saturated heterocycles. The molecular formula is C14H21N3O4. The van der Waals surface area contributed by atoms with Gasteiger partial charge in [0, 0.05) is 39.0 Å². The van der Waals surface area contributed by atoms with E-state index in [1.807, 2.05) is 13.2 Å². The number of methoxy groups -OCH3 is 1. The Labute approximate surface area is 123 Å². The first-order valence-corrected chi connectivity index (χ1v) is 6.75. The number of hydrogen-bond donors (Lipinski definition) is 1. The molecule has 0 aromatic carbocycles. The molecule has 7 nitrogen and oxygen atoms in total. The molecule has 1 N–H and O–H groups in total. The molecule has 21 heavy (non-hydrogen) atoms. The molecule has 0 bridgehead atoms. The second-order valence-corrected chi connectivity index (χ2v) is 5.10. The summed E-state index contributed by atoms with van der Waals surface area (Å²) in [6, 6.07) is -0.422. The summed E-state index contributed by atoms with van der Waals surface area (Å²) in [5, 5.41) is 14.2. The van der Waals surface area contributed by atoms with E-state index in [9.17, 15) is 9.90 Å². The van der Waals surface area contributed by atoms with Crippen LogP contribution in [-0.4, -0.2) is 71.3 Å². The second kappa shape index (κ2) is 6.84. The molecule has 1 fully saturated rings. The van der Waals surface area contributed by atoms with E-state index in [2.05, 4.69) is 5.10 Å². The molecule has 0 unspecified atom stereocenters. The normalized spacial score (nSPS) is 26.2. The van der Waals surface area contributed by atoms with Gasteiger partial charge < -0.3 is 19.5 Å². The van der Waals surface area contributed by atoms with Crippen LogP contribution in [0.2, 0.25) is 0 Å². The number of aryl methyl sites for hydroxylation is 1. The van der Waals surface area contributed by atoms with E-state index in [4.69, 9.17) is 9.47 Å². The summed E-state index contributed by atoms with van der Waals surface area (Å²) in [4.78, 5) is 13.6. The summed E-state index contributed by atoms with van der Waals surface area (Å²) in [5.41, 5.74) is 0.842. The van der Waals surface area contributed by atoms with Crippen LogP contribution in [0.3, 0.4) is 0 Å². The molecule has 2 rings (SSSR count). The molecule has 7 heteroatoms. The molecule has 0 saturated carbocycles. The Morgan fingerprint density at radius 1 is 1.62 bits per heavy atom. The third kappa shape index (κ3) is 3.69. The van der Waals surface area contributed by atoms with Crippen LogP contribution >= 0.6 is 0 Å². The first kappa shape index (κ1) is 15.7. The molecule has 0 radical (unpaired) electrons. The number of aliphatic hydroxyl groups is 1.